The first-order valence-electron chi connectivity index (χ1n) is 7.46. The molecule has 0 unspecified atom stereocenters. The minimum atomic E-state index is -3.48. The number of pyridine rings is 1. The lowest BCUT2D eigenvalue weighted by atomic mass is 10.2. The molecule has 136 valence electrons. The Morgan fingerprint density at radius 3 is 2.69 bits per heavy atom. The third-order valence-corrected chi connectivity index (χ3v) is 6.34. The minimum Gasteiger partial charge on any atom is -0.338 e. The molecule has 0 aliphatic heterocycles. The van der Waals surface area contributed by atoms with Gasteiger partial charge in [0.05, 0.1) is 10.8 Å². The standard InChI is InChI=1S/C16H15ClN4O3S2/c1-21(2)26(22,23)13-6-7-15(18-9-13)25-10-14-19-16(20-24-14)11-4-3-5-12(17)8-11/h3-9H,10H2,1-2H3. The summed E-state index contributed by atoms with van der Waals surface area (Å²) in [5.41, 5.74) is 0.772. The number of benzene rings is 1. The molecule has 2 aromatic heterocycles. The van der Waals surface area contributed by atoms with E-state index < -0.39 is 10.0 Å². The van der Waals surface area contributed by atoms with Crippen LogP contribution in [-0.4, -0.2) is 41.9 Å². The van der Waals surface area contributed by atoms with Gasteiger partial charge in [-0.25, -0.2) is 17.7 Å². The van der Waals surface area contributed by atoms with E-state index in [9.17, 15) is 8.42 Å². The Labute approximate surface area is 160 Å². The van der Waals surface area contributed by atoms with Gasteiger partial charge in [-0.15, -0.1) is 0 Å². The summed E-state index contributed by atoms with van der Waals surface area (Å²) < 4.78 is 30.4. The van der Waals surface area contributed by atoms with Crippen molar-refractivity contribution < 1.29 is 12.9 Å². The zero-order valence-electron chi connectivity index (χ0n) is 14.0. The molecule has 2 heterocycles. The van der Waals surface area contributed by atoms with Crippen LogP contribution in [0.15, 0.2) is 57.0 Å². The molecule has 0 saturated carbocycles. The molecule has 0 spiro atoms. The van der Waals surface area contributed by atoms with E-state index in [0.29, 0.717) is 27.5 Å². The molecule has 10 heteroatoms. The number of aromatic nitrogens is 3. The highest BCUT2D eigenvalue weighted by molar-refractivity contribution is 7.98. The maximum atomic E-state index is 12.0. The fourth-order valence-corrected chi connectivity index (χ4v) is 3.73. The molecule has 3 aromatic rings. The number of hydrogen-bond donors (Lipinski definition) is 0. The van der Waals surface area contributed by atoms with Gasteiger partial charge in [-0.1, -0.05) is 40.7 Å². The van der Waals surface area contributed by atoms with E-state index in [0.717, 1.165) is 9.87 Å². The monoisotopic (exact) mass is 410 g/mol. The zero-order chi connectivity index (χ0) is 18.7. The molecule has 1 aromatic carbocycles. The Kier molecular flexibility index (Phi) is 5.61. The molecule has 3 rings (SSSR count). The second kappa shape index (κ2) is 7.75. The van der Waals surface area contributed by atoms with E-state index in [2.05, 4.69) is 15.1 Å². The van der Waals surface area contributed by atoms with Crippen molar-refractivity contribution in [2.24, 2.45) is 0 Å². The van der Waals surface area contributed by atoms with Crippen molar-refractivity contribution in [3.05, 3.63) is 53.5 Å². The molecule has 0 aliphatic rings. The smallest absolute Gasteiger partial charge is 0.244 e. The maximum absolute atomic E-state index is 12.0. The number of halogens is 1. The zero-order valence-corrected chi connectivity index (χ0v) is 16.3. The van der Waals surface area contributed by atoms with E-state index in [4.69, 9.17) is 16.1 Å². The predicted octanol–water partition coefficient (Wildman–Crippen LogP) is 3.33. The fraction of sp³-hybridized carbons (Fsp3) is 0.188. The van der Waals surface area contributed by atoms with E-state index in [1.54, 1.807) is 18.2 Å². The van der Waals surface area contributed by atoms with Gasteiger partial charge in [-0.05, 0) is 24.3 Å². The lowest BCUT2D eigenvalue weighted by Gasteiger charge is -2.10. The van der Waals surface area contributed by atoms with Crippen LogP contribution < -0.4 is 0 Å². The first-order chi connectivity index (χ1) is 12.4. The van der Waals surface area contributed by atoms with Crippen molar-refractivity contribution in [3.8, 4) is 11.4 Å². The fourth-order valence-electron chi connectivity index (χ4n) is 2.01. The Bertz CT molecular complexity index is 1000. The summed E-state index contributed by atoms with van der Waals surface area (Å²) in [5, 5.41) is 5.20. The highest BCUT2D eigenvalue weighted by atomic mass is 35.5. The Balaban J connectivity index is 1.67. The van der Waals surface area contributed by atoms with Gasteiger partial charge in [-0.3, -0.25) is 0 Å². The predicted molar refractivity (Wildman–Crippen MR) is 99.4 cm³/mol. The molecular weight excluding hydrogens is 396 g/mol. The van der Waals surface area contributed by atoms with Gasteiger partial charge in [0.15, 0.2) is 0 Å². The van der Waals surface area contributed by atoms with Crippen LogP contribution in [0.2, 0.25) is 5.02 Å². The van der Waals surface area contributed by atoms with Crippen molar-refractivity contribution in [3.63, 3.8) is 0 Å². The van der Waals surface area contributed by atoms with Crippen LogP contribution in [0, 0.1) is 0 Å². The van der Waals surface area contributed by atoms with Crippen molar-refractivity contribution in [1.82, 2.24) is 19.4 Å². The normalized spacial score (nSPS) is 11.8. The molecule has 0 N–H and O–H groups in total. The highest BCUT2D eigenvalue weighted by Crippen LogP contribution is 2.24. The summed E-state index contributed by atoms with van der Waals surface area (Å²) in [4.78, 5) is 8.64. The molecule has 0 fully saturated rings. The summed E-state index contributed by atoms with van der Waals surface area (Å²) in [7, 11) is -0.527. The van der Waals surface area contributed by atoms with Gasteiger partial charge >= 0.3 is 0 Å². The molecule has 0 saturated heterocycles. The second-order valence-corrected chi connectivity index (χ2v) is 9.01. The molecule has 0 atom stereocenters. The number of sulfonamides is 1. The molecule has 0 amide bonds. The van der Waals surface area contributed by atoms with Crippen molar-refractivity contribution in [2.75, 3.05) is 14.1 Å². The van der Waals surface area contributed by atoms with E-state index in [1.165, 1.54) is 38.1 Å². The van der Waals surface area contributed by atoms with E-state index in [-0.39, 0.29) is 4.90 Å². The largest absolute Gasteiger partial charge is 0.338 e. The van der Waals surface area contributed by atoms with Crippen LogP contribution in [0.3, 0.4) is 0 Å². The van der Waals surface area contributed by atoms with Crippen LogP contribution in [0.1, 0.15) is 5.89 Å². The third kappa shape index (κ3) is 4.24. The van der Waals surface area contributed by atoms with Crippen LogP contribution in [0.25, 0.3) is 11.4 Å². The van der Waals surface area contributed by atoms with Gasteiger partial charge in [-0.2, -0.15) is 4.98 Å². The first kappa shape index (κ1) is 18.8. The Morgan fingerprint density at radius 1 is 1.23 bits per heavy atom. The third-order valence-electron chi connectivity index (χ3n) is 3.38. The number of thioether (sulfide) groups is 1. The highest BCUT2D eigenvalue weighted by Gasteiger charge is 2.17. The number of nitrogens with zero attached hydrogens (tertiary/aromatic N) is 4. The van der Waals surface area contributed by atoms with Crippen LogP contribution in [-0.2, 0) is 15.8 Å². The average Bonchev–Trinajstić information content (AvgIpc) is 3.09. The molecular formula is C16H15ClN4O3S2. The summed E-state index contributed by atoms with van der Waals surface area (Å²) in [6.07, 6.45) is 1.34. The summed E-state index contributed by atoms with van der Waals surface area (Å²) in [6, 6.07) is 10.4. The van der Waals surface area contributed by atoms with Crippen LogP contribution in [0.4, 0.5) is 0 Å². The van der Waals surface area contributed by atoms with E-state index >= 15 is 0 Å². The number of hydrogen-bond acceptors (Lipinski definition) is 7. The van der Waals surface area contributed by atoms with E-state index in [1.807, 2.05) is 12.1 Å². The summed E-state index contributed by atoms with van der Waals surface area (Å²) >= 11 is 7.33. The Hall–Kier alpha value is -1.94. The molecule has 26 heavy (non-hydrogen) atoms. The molecule has 0 aliphatic carbocycles. The van der Waals surface area contributed by atoms with Crippen LogP contribution >= 0.6 is 23.4 Å². The minimum absolute atomic E-state index is 0.146. The second-order valence-electron chi connectivity index (χ2n) is 5.43. The van der Waals surface area contributed by atoms with Gasteiger partial charge in [0.25, 0.3) is 0 Å². The average molecular weight is 411 g/mol. The number of rotatable bonds is 6. The van der Waals surface area contributed by atoms with Crippen molar-refractivity contribution >= 4 is 33.4 Å². The topological polar surface area (TPSA) is 89.2 Å². The van der Waals surface area contributed by atoms with Gasteiger partial charge in [0.2, 0.25) is 21.7 Å². The lowest BCUT2D eigenvalue weighted by Crippen LogP contribution is -2.22. The molecule has 0 radical (unpaired) electrons. The Morgan fingerprint density at radius 2 is 2.04 bits per heavy atom. The summed E-state index contributed by atoms with van der Waals surface area (Å²) in [6.45, 7) is 0. The maximum Gasteiger partial charge on any atom is 0.244 e. The molecule has 7 nitrogen and oxygen atoms in total. The SMILES string of the molecule is CN(C)S(=O)(=O)c1ccc(SCc2nc(-c3cccc(Cl)c3)no2)nc1. The lowest BCUT2D eigenvalue weighted by molar-refractivity contribution is 0.391. The summed E-state index contributed by atoms with van der Waals surface area (Å²) in [5.74, 6) is 1.32. The first-order valence-corrected chi connectivity index (χ1v) is 10.3. The van der Waals surface area contributed by atoms with Gasteiger partial charge in [0.1, 0.15) is 4.90 Å². The van der Waals surface area contributed by atoms with Crippen molar-refractivity contribution in [2.45, 2.75) is 15.7 Å². The van der Waals surface area contributed by atoms with Crippen LogP contribution in [0.5, 0.6) is 0 Å². The molecule has 0 bridgehead atoms. The van der Waals surface area contributed by atoms with Gasteiger partial charge in [0, 0.05) is 30.9 Å². The van der Waals surface area contributed by atoms with Crippen molar-refractivity contribution in [1.29, 1.82) is 0 Å². The quantitative estimate of drug-likeness (QED) is 0.575. The van der Waals surface area contributed by atoms with Gasteiger partial charge < -0.3 is 4.52 Å².